The third-order valence-electron chi connectivity index (χ3n) is 6.10. The van der Waals surface area contributed by atoms with E-state index in [2.05, 4.69) is 15.3 Å². The maximum atomic E-state index is 14.3. The Morgan fingerprint density at radius 3 is 2.78 bits per heavy atom. The van der Waals surface area contributed by atoms with E-state index < -0.39 is 35.3 Å². The Morgan fingerprint density at radius 2 is 1.93 bits per heavy atom. The highest BCUT2D eigenvalue weighted by atomic mass is 35.5. The number of rotatable bonds is 6. The third-order valence-corrected chi connectivity index (χ3v) is 7.19. The quantitative estimate of drug-likeness (QED) is 0.223. The van der Waals surface area contributed by atoms with Crippen molar-refractivity contribution in [1.82, 2.24) is 14.9 Å². The first-order valence-corrected chi connectivity index (χ1v) is 13.4. The van der Waals surface area contributed by atoms with E-state index in [1.807, 2.05) is 12.1 Å². The fraction of sp³-hybridized carbons (Fsp3) is 0.107. The lowest BCUT2D eigenvalue weighted by Crippen LogP contribution is -2.36. The van der Waals surface area contributed by atoms with Crippen LogP contribution in [-0.2, 0) is 9.59 Å². The van der Waals surface area contributed by atoms with Gasteiger partial charge in [0, 0.05) is 17.3 Å². The molecule has 3 amide bonds. The minimum atomic E-state index is -0.835. The van der Waals surface area contributed by atoms with Crippen molar-refractivity contribution >= 4 is 63.0 Å². The van der Waals surface area contributed by atoms with E-state index in [1.54, 1.807) is 42.5 Å². The highest BCUT2D eigenvalue weighted by Gasteiger charge is 2.36. The van der Waals surface area contributed by atoms with Crippen molar-refractivity contribution in [2.45, 2.75) is 0 Å². The van der Waals surface area contributed by atoms with E-state index in [1.165, 1.54) is 6.08 Å². The zero-order chi connectivity index (χ0) is 28.5. The van der Waals surface area contributed by atoms with Crippen molar-refractivity contribution in [3.05, 3.63) is 82.4 Å². The average molecular weight is 593 g/mol. The molecule has 0 atom stereocenters. The number of anilines is 1. The van der Waals surface area contributed by atoms with Crippen LogP contribution in [0.3, 0.4) is 0 Å². The highest BCUT2D eigenvalue weighted by Crippen LogP contribution is 2.38. The molecule has 0 bridgehead atoms. The van der Waals surface area contributed by atoms with Gasteiger partial charge in [0.1, 0.15) is 25.5 Å². The molecule has 3 heterocycles. The van der Waals surface area contributed by atoms with Crippen LogP contribution < -0.4 is 19.5 Å². The summed E-state index contributed by atoms with van der Waals surface area (Å²) in [4.78, 5) is 47.1. The molecular formula is C28H18ClFN4O6S. The molecule has 0 spiro atoms. The fourth-order valence-electron chi connectivity index (χ4n) is 4.25. The Labute approximate surface area is 241 Å². The van der Waals surface area contributed by atoms with Crippen molar-refractivity contribution in [2.24, 2.45) is 0 Å². The molecule has 0 saturated carbocycles. The topological polar surface area (TPSA) is 120 Å². The summed E-state index contributed by atoms with van der Waals surface area (Å²) in [5.41, 5.74) is 0.833. The van der Waals surface area contributed by atoms with Crippen molar-refractivity contribution in [3.63, 3.8) is 0 Å². The first-order chi connectivity index (χ1) is 19.9. The lowest BCUT2D eigenvalue weighted by Gasteiger charge is -2.19. The number of ether oxygens (including phenoxy) is 3. The minimum absolute atomic E-state index is 0.0597. The van der Waals surface area contributed by atoms with Gasteiger partial charge in [-0.05, 0) is 58.4 Å². The number of aromatic nitrogens is 2. The number of nitrogens with zero attached hydrogens (tertiary/aromatic N) is 3. The van der Waals surface area contributed by atoms with Crippen LogP contribution in [0, 0.1) is 5.82 Å². The molecular weight excluding hydrogens is 575 g/mol. The van der Waals surface area contributed by atoms with Gasteiger partial charge in [0.2, 0.25) is 17.0 Å². The van der Waals surface area contributed by atoms with Gasteiger partial charge in [-0.3, -0.25) is 19.3 Å². The fourth-order valence-corrected chi connectivity index (χ4v) is 5.20. The maximum absolute atomic E-state index is 14.3. The molecule has 1 aromatic heterocycles. The lowest BCUT2D eigenvalue weighted by molar-refractivity contribution is -0.127. The standard InChI is InChI=1S/C28H18ClFN4O6S/c29-27-31-13-19(30)25(33-27)40-20-7-5-15-3-1-2-4-17(15)18(20)12-23-26(36)34(28(37)41-23)14-24(35)32-16-6-8-21-22(11-16)39-10-9-38-21/h1-8,11-13H,9-10,14H2,(H,32,35)/b23-12+. The number of carbonyl (C=O) groups is 3. The number of nitrogens with one attached hydrogen (secondary N) is 1. The number of halogens is 2. The molecule has 206 valence electrons. The highest BCUT2D eigenvalue weighted by molar-refractivity contribution is 8.18. The predicted octanol–water partition coefficient (Wildman–Crippen LogP) is 5.66. The van der Waals surface area contributed by atoms with Crippen LogP contribution in [0.25, 0.3) is 16.8 Å². The van der Waals surface area contributed by atoms with Gasteiger partial charge in [-0.2, -0.15) is 9.37 Å². The molecule has 2 aliphatic heterocycles. The van der Waals surface area contributed by atoms with Crippen LogP contribution in [0.15, 0.2) is 65.7 Å². The minimum Gasteiger partial charge on any atom is -0.486 e. The smallest absolute Gasteiger partial charge is 0.294 e. The molecule has 1 fully saturated rings. The molecule has 0 unspecified atom stereocenters. The number of benzene rings is 3. The van der Waals surface area contributed by atoms with Gasteiger partial charge in [-0.25, -0.2) is 4.98 Å². The van der Waals surface area contributed by atoms with Crippen LogP contribution in [0.1, 0.15) is 5.56 Å². The summed E-state index contributed by atoms with van der Waals surface area (Å²) in [5, 5.41) is 3.33. The number of fused-ring (bicyclic) bond motifs is 2. The SMILES string of the molecule is O=C(CN1C(=O)S/C(=C/c2c(Oc3nc(Cl)ncc3F)ccc3ccccc23)C1=O)Nc1ccc2c(c1)OCCO2. The lowest BCUT2D eigenvalue weighted by atomic mass is 10.0. The number of hydrogen-bond acceptors (Lipinski definition) is 9. The van der Waals surface area contributed by atoms with Gasteiger partial charge in [-0.1, -0.05) is 30.3 Å². The largest absolute Gasteiger partial charge is 0.486 e. The molecule has 4 aromatic rings. The van der Waals surface area contributed by atoms with Gasteiger partial charge in [0.05, 0.1) is 11.1 Å². The Hall–Kier alpha value is -4.68. The molecule has 1 saturated heterocycles. The van der Waals surface area contributed by atoms with Crippen LogP contribution in [0.4, 0.5) is 14.9 Å². The van der Waals surface area contributed by atoms with E-state index in [9.17, 15) is 18.8 Å². The molecule has 6 rings (SSSR count). The molecule has 0 aliphatic carbocycles. The second kappa shape index (κ2) is 11.1. The second-order valence-corrected chi connectivity index (χ2v) is 10.1. The van der Waals surface area contributed by atoms with Gasteiger partial charge in [-0.15, -0.1) is 0 Å². The van der Waals surface area contributed by atoms with Crippen molar-refractivity contribution < 1.29 is 33.0 Å². The first-order valence-electron chi connectivity index (χ1n) is 12.2. The number of thioether (sulfide) groups is 1. The first kappa shape index (κ1) is 26.5. The Kier molecular flexibility index (Phi) is 7.16. The van der Waals surface area contributed by atoms with Crippen LogP contribution in [-0.4, -0.2) is 51.7 Å². The van der Waals surface area contributed by atoms with Crippen molar-refractivity contribution in [2.75, 3.05) is 25.1 Å². The molecule has 1 N–H and O–H groups in total. The molecule has 3 aromatic carbocycles. The summed E-state index contributed by atoms with van der Waals surface area (Å²) in [7, 11) is 0. The third kappa shape index (κ3) is 5.52. The number of imide groups is 1. The summed E-state index contributed by atoms with van der Waals surface area (Å²) in [6.45, 7) is 0.322. The van der Waals surface area contributed by atoms with E-state index in [0.717, 1.165) is 16.5 Å². The maximum Gasteiger partial charge on any atom is 0.294 e. The van der Waals surface area contributed by atoms with E-state index >= 15 is 0 Å². The van der Waals surface area contributed by atoms with E-state index in [0.29, 0.717) is 53.1 Å². The summed E-state index contributed by atoms with van der Waals surface area (Å²) >= 11 is 6.49. The Balaban J connectivity index is 1.26. The summed E-state index contributed by atoms with van der Waals surface area (Å²) in [6, 6.07) is 15.5. The monoisotopic (exact) mass is 592 g/mol. The number of amides is 3. The normalized spacial score (nSPS) is 15.5. The second-order valence-electron chi connectivity index (χ2n) is 8.77. The zero-order valence-electron chi connectivity index (χ0n) is 20.9. The Bertz CT molecular complexity index is 1770. The summed E-state index contributed by atoms with van der Waals surface area (Å²) in [6.07, 6.45) is 2.36. The van der Waals surface area contributed by atoms with Crippen molar-refractivity contribution in [1.29, 1.82) is 0 Å². The molecule has 41 heavy (non-hydrogen) atoms. The molecule has 0 radical (unpaired) electrons. The zero-order valence-corrected chi connectivity index (χ0v) is 22.5. The van der Waals surface area contributed by atoms with Gasteiger partial charge < -0.3 is 19.5 Å². The molecule has 13 heteroatoms. The summed E-state index contributed by atoms with van der Waals surface area (Å²) in [5.74, 6) is -1.26. The van der Waals surface area contributed by atoms with Crippen LogP contribution in [0.2, 0.25) is 5.28 Å². The van der Waals surface area contributed by atoms with Crippen LogP contribution in [0.5, 0.6) is 23.1 Å². The average Bonchev–Trinajstić information content (AvgIpc) is 3.23. The molecule has 2 aliphatic rings. The predicted molar refractivity (Wildman–Crippen MR) is 150 cm³/mol. The number of hydrogen-bond donors (Lipinski definition) is 1. The number of carbonyl (C=O) groups excluding carboxylic acids is 3. The summed E-state index contributed by atoms with van der Waals surface area (Å²) < 4.78 is 31.1. The van der Waals surface area contributed by atoms with E-state index in [-0.39, 0.29) is 15.9 Å². The van der Waals surface area contributed by atoms with E-state index in [4.69, 9.17) is 25.8 Å². The van der Waals surface area contributed by atoms with Crippen molar-refractivity contribution in [3.8, 4) is 23.1 Å². The van der Waals surface area contributed by atoms with Crippen LogP contribution >= 0.6 is 23.4 Å². The Morgan fingerprint density at radius 1 is 1.12 bits per heavy atom. The van der Waals surface area contributed by atoms with Gasteiger partial charge in [0.25, 0.3) is 17.0 Å². The van der Waals surface area contributed by atoms with Gasteiger partial charge >= 0.3 is 0 Å². The van der Waals surface area contributed by atoms with Gasteiger partial charge in [0.15, 0.2) is 11.5 Å². The molecule has 10 nitrogen and oxygen atoms in total.